The van der Waals surface area contributed by atoms with Crippen LogP contribution in [0.1, 0.15) is 11.3 Å². The zero-order chi connectivity index (χ0) is 12.4. The van der Waals surface area contributed by atoms with Crippen LogP contribution in [-0.2, 0) is 7.05 Å². The molecule has 0 atom stereocenters. The molecule has 1 aromatic heterocycles. The average Bonchev–Trinajstić information content (AvgIpc) is 2.85. The van der Waals surface area contributed by atoms with Gasteiger partial charge in [0.2, 0.25) is 12.5 Å². The van der Waals surface area contributed by atoms with E-state index in [1.54, 1.807) is 0 Å². The van der Waals surface area contributed by atoms with Crippen LogP contribution in [-0.4, -0.2) is 6.79 Å². The van der Waals surface area contributed by atoms with E-state index in [1.165, 1.54) is 0 Å². The molecule has 18 heavy (non-hydrogen) atoms. The number of aryl methyl sites for hydroxylation is 1. The van der Waals surface area contributed by atoms with Gasteiger partial charge >= 0.3 is 0 Å². The van der Waals surface area contributed by atoms with Gasteiger partial charge < -0.3 is 9.47 Å². The van der Waals surface area contributed by atoms with Crippen molar-refractivity contribution in [2.24, 2.45) is 7.05 Å². The van der Waals surface area contributed by atoms with Crippen LogP contribution in [0, 0.1) is 0 Å². The number of hydrogen-bond donors (Lipinski definition) is 0. The molecule has 0 saturated carbocycles. The van der Waals surface area contributed by atoms with Crippen LogP contribution in [0.25, 0.3) is 12.2 Å². The van der Waals surface area contributed by atoms with Gasteiger partial charge in [-0.15, -0.1) is 0 Å². The van der Waals surface area contributed by atoms with Crippen molar-refractivity contribution in [1.29, 1.82) is 0 Å². The Labute approximate surface area is 106 Å². The number of pyridine rings is 1. The quantitative estimate of drug-likeness (QED) is 0.752. The third-order valence-electron chi connectivity index (χ3n) is 2.94. The summed E-state index contributed by atoms with van der Waals surface area (Å²) in [4.78, 5) is 0. The van der Waals surface area contributed by atoms with E-state index in [9.17, 15) is 0 Å². The second-order valence-electron chi connectivity index (χ2n) is 4.18. The van der Waals surface area contributed by atoms with Crippen LogP contribution < -0.4 is 14.0 Å². The van der Waals surface area contributed by atoms with Gasteiger partial charge in [-0.2, -0.15) is 0 Å². The van der Waals surface area contributed by atoms with E-state index in [0.29, 0.717) is 6.79 Å². The molecule has 0 unspecified atom stereocenters. The third kappa shape index (κ3) is 2.07. The molecule has 0 spiro atoms. The molecule has 3 nitrogen and oxygen atoms in total. The second kappa shape index (κ2) is 4.53. The molecule has 90 valence electrons. The minimum absolute atomic E-state index is 0.316. The molecule has 1 aromatic carbocycles. The maximum absolute atomic E-state index is 5.35. The van der Waals surface area contributed by atoms with Gasteiger partial charge in [0.15, 0.2) is 17.7 Å². The molecule has 1 aliphatic rings. The molecule has 0 N–H and O–H groups in total. The normalized spacial score (nSPS) is 13.2. The number of rotatable bonds is 2. The van der Waals surface area contributed by atoms with E-state index in [2.05, 4.69) is 22.8 Å². The van der Waals surface area contributed by atoms with Crippen LogP contribution in [0.5, 0.6) is 11.5 Å². The smallest absolute Gasteiger partial charge is 0.231 e. The lowest BCUT2D eigenvalue weighted by Gasteiger charge is -1.97. The fourth-order valence-corrected chi connectivity index (χ4v) is 1.91. The van der Waals surface area contributed by atoms with Crippen molar-refractivity contribution in [3.63, 3.8) is 0 Å². The molecule has 1 aliphatic heterocycles. The highest BCUT2D eigenvalue weighted by Gasteiger charge is 2.12. The van der Waals surface area contributed by atoms with Crippen molar-refractivity contribution >= 4 is 12.2 Å². The summed E-state index contributed by atoms with van der Waals surface area (Å²) in [6.07, 6.45) is 6.17. The highest BCUT2D eigenvalue weighted by atomic mass is 16.7. The monoisotopic (exact) mass is 240 g/mol. The molecule has 0 bridgehead atoms. The maximum Gasteiger partial charge on any atom is 0.231 e. The van der Waals surface area contributed by atoms with Crippen molar-refractivity contribution in [2.75, 3.05) is 6.79 Å². The van der Waals surface area contributed by atoms with E-state index < -0.39 is 0 Å². The van der Waals surface area contributed by atoms with Gasteiger partial charge in [-0.05, 0) is 29.8 Å². The van der Waals surface area contributed by atoms with E-state index in [1.807, 2.05) is 43.6 Å². The summed E-state index contributed by atoms with van der Waals surface area (Å²) >= 11 is 0. The first-order valence-electron chi connectivity index (χ1n) is 5.85. The van der Waals surface area contributed by atoms with Gasteiger partial charge in [-0.1, -0.05) is 6.07 Å². The summed E-state index contributed by atoms with van der Waals surface area (Å²) in [6, 6.07) is 12.1. The zero-order valence-electron chi connectivity index (χ0n) is 10.2. The first-order valence-corrected chi connectivity index (χ1v) is 5.85. The van der Waals surface area contributed by atoms with Crippen LogP contribution in [0.3, 0.4) is 0 Å². The van der Waals surface area contributed by atoms with E-state index in [-0.39, 0.29) is 0 Å². The third-order valence-corrected chi connectivity index (χ3v) is 2.94. The van der Waals surface area contributed by atoms with Gasteiger partial charge in [-0.25, -0.2) is 4.57 Å². The van der Waals surface area contributed by atoms with Crippen molar-refractivity contribution in [2.45, 2.75) is 0 Å². The Hall–Kier alpha value is -2.29. The molecule has 3 rings (SSSR count). The van der Waals surface area contributed by atoms with E-state index >= 15 is 0 Å². The maximum atomic E-state index is 5.35. The molecule has 2 heterocycles. The lowest BCUT2D eigenvalue weighted by atomic mass is 10.1. The SMILES string of the molecule is C[n+]1ccccc1/C=C/c1ccc2c(c1)OCO2. The molecule has 0 saturated heterocycles. The number of fused-ring (bicyclic) bond motifs is 1. The Kier molecular flexibility index (Phi) is 2.73. The average molecular weight is 240 g/mol. The topological polar surface area (TPSA) is 22.3 Å². The number of ether oxygens (including phenoxy) is 2. The minimum atomic E-state index is 0.316. The Morgan fingerprint density at radius 3 is 2.83 bits per heavy atom. The highest BCUT2D eigenvalue weighted by molar-refractivity contribution is 5.68. The molecular weight excluding hydrogens is 226 g/mol. The van der Waals surface area contributed by atoms with Crippen LogP contribution >= 0.6 is 0 Å². The number of benzene rings is 1. The summed E-state index contributed by atoms with van der Waals surface area (Å²) in [5, 5.41) is 0. The Morgan fingerprint density at radius 1 is 1.06 bits per heavy atom. The van der Waals surface area contributed by atoms with Gasteiger partial charge in [0.1, 0.15) is 7.05 Å². The highest BCUT2D eigenvalue weighted by Crippen LogP contribution is 2.32. The van der Waals surface area contributed by atoms with E-state index in [0.717, 1.165) is 22.8 Å². The Bertz CT molecular complexity index is 605. The van der Waals surface area contributed by atoms with Crippen LogP contribution in [0.2, 0.25) is 0 Å². The summed E-state index contributed by atoms with van der Waals surface area (Å²) in [5.74, 6) is 1.63. The largest absolute Gasteiger partial charge is 0.454 e. The molecule has 2 aromatic rings. The molecule has 0 aliphatic carbocycles. The lowest BCUT2D eigenvalue weighted by Crippen LogP contribution is -2.30. The summed E-state index contributed by atoms with van der Waals surface area (Å²) in [7, 11) is 2.03. The molecular formula is C15H14NO2+. The van der Waals surface area contributed by atoms with Crippen LogP contribution in [0.15, 0.2) is 42.6 Å². The van der Waals surface area contributed by atoms with Gasteiger partial charge in [0.05, 0.1) is 0 Å². The molecule has 0 amide bonds. The zero-order valence-corrected chi connectivity index (χ0v) is 10.2. The second-order valence-corrected chi connectivity index (χ2v) is 4.18. The standard InChI is InChI=1S/C15H14NO2/c1-16-9-3-2-4-13(16)7-5-12-6-8-14-15(10-12)18-11-17-14/h2-10H,11H2,1H3/q+1/b7-5+. The van der Waals surface area contributed by atoms with Crippen molar-refractivity contribution in [1.82, 2.24) is 0 Å². The predicted molar refractivity (Wildman–Crippen MR) is 69.1 cm³/mol. The summed E-state index contributed by atoms with van der Waals surface area (Å²) in [5.41, 5.74) is 2.25. The van der Waals surface area contributed by atoms with Gasteiger partial charge in [-0.3, -0.25) is 0 Å². The van der Waals surface area contributed by atoms with Crippen LogP contribution in [0.4, 0.5) is 0 Å². The molecule has 0 radical (unpaired) electrons. The predicted octanol–water partition coefficient (Wildman–Crippen LogP) is 2.41. The number of hydrogen-bond acceptors (Lipinski definition) is 2. The summed E-state index contributed by atoms with van der Waals surface area (Å²) in [6.45, 7) is 0.316. The van der Waals surface area contributed by atoms with Crippen molar-refractivity contribution < 1.29 is 14.0 Å². The first-order chi connectivity index (χ1) is 8.83. The van der Waals surface area contributed by atoms with Gasteiger partial charge in [0, 0.05) is 18.2 Å². The lowest BCUT2D eigenvalue weighted by molar-refractivity contribution is -0.673. The Balaban J connectivity index is 1.87. The number of aromatic nitrogens is 1. The Morgan fingerprint density at radius 2 is 1.94 bits per heavy atom. The van der Waals surface area contributed by atoms with Gasteiger partial charge in [0.25, 0.3) is 0 Å². The van der Waals surface area contributed by atoms with Crippen molar-refractivity contribution in [3.8, 4) is 11.5 Å². The van der Waals surface area contributed by atoms with E-state index in [4.69, 9.17) is 9.47 Å². The van der Waals surface area contributed by atoms with Crippen molar-refractivity contribution in [3.05, 3.63) is 53.9 Å². The molecule has 3 heteroatoms. The first kappa shape index (κ1) is 10.8. The fourth-order valence-electron chi connectivity index (χ4n) is 1.91. The summed E-state index contributed by atoms with van der Waals surface area (Å²) < 4.78 is 12.7. The fraction of sp³-hybridized carbons (Fsp3) is 0.133. The molecule has 0 fully saturated rings. The minimum Gasteiger partial charge on any atom is -0.454 e. The number of nitrogens with zero attached hydrogens (tertiary/aromatic N) is 1.